The van der Waals surface area contributed by atoms with Crippen LogP contribution in [0, 0.1) is 0 Å². The van der Waals surface area contributed by atoms with E-state index in [0.717, 1.165) is 5.52 Å². The third-order valence-corrected chi connectivity index (χ3v) is 4.53. The van der Waals surface area contributed by atoms with Crippen molar-refractivity contribution >= 4 is 30.5 Å². The molecule has 1 aromatic heterocycles. The first-order chi connectivity index (χ1) is 7.42. The summed E-state index contributed by atoms with van der Waals surface area (Å²) < 4.78 is 1.25. The summed E-state index contributed by atoms with van der Waals surface area (Å²) in [6.07, 6.45) is 4.26. The molecular weight excluding hydrogens is 251 g/mol. The minimum atomic E-state index is 0.499. The number of fused-ring (bicyclic) bond motifs is 1. The average Bonchev–Trinajstić information content (AvgIpc) is 2.30. The van der Waals surface area contributed by atoms with Crippen molar-refractivity contribution in [2.24, 2.45) is 0 Å². The second kappa shape index (κ2) is 5.24. The van der Waals surface area contributed by atoms with Gasteiger partial charge in [-0.25, -0.2) is 0 Å². The first-order valence-electron chi connectivity index (χ1n) is 5.24. The SMILES string of the molecule is CCCC[Se]c1ncnc2ccccc12. The summed E-state index contributed by atoms with van der Waals surface area (Å²) in [4.78, 5) is 8.66. The molecule has 0 unspecified atom stereocenters. The second-order valence-electron chi connectivity index (χ2n) is 3.40. The number of aromatic nitrogens is 2. The summed E-state index contributed by atoms with van der Waals surface area (Å²) in [5.41, 5.74) is 1.07. The van der Waals surface area contributed by atoms with E-state index in [1.807, 2.05) is 6.07 Å². The van der Waals surface area contributed by atoms with Gasteiger partial charge in [0, 0.05) is 0 Å². The van der Waals surface area contributed by atoms with Crippen molar-refractivity contribution < 1.29 is 0 Å². The van der Waals surface area contributed by atoms with Crippen molar-refractivity contribution in [1.29, 1.82) is 0 Å². The van der Waals surface area contributed by atoms with Gasteiger partial charge >= 0.3 is 96.1 Å². The molecule has 2 aromatic rings. The van der Waals surface area contributed by atoms with Crippen molar-refractivity contribution in [3.8, 4) is 0 Å². The molecule has 0 fully saturated rings. The summed E-state index contributed by atoms with van der Waals surface area (Å²) in [7, 11) is 0. The number of benzene rings is 1. The molecule has 1 heterocycles. The van der Waals surface area contributed by atoms with Crippen molar-refractivity contribution in [3.05, 3.63) is 30.6 Å². The Balaban J connectivity index is 2.26. The van der Waals surface area contributed by atoms with E-state index >= 15 is 0 Å². The molecule has 78 valence electrons. The van der Waals surface area contributed by atoms with Crippen molar-refractivity contribution in [2.75, 3.05) is 0 Å². The summed E-state index contributed by atoms with van der Waals surface area (Å²) in [5.74, 6) is 0. The van der Waals surface area contributed by atoms with Crippen LogP contribution < -0.4 is 4.59 Å². The fraction of sp³-hybridized carbons (Fsp3) is 0.333. The van der Waals surface area contributed by atoms with Gasteiger partial charge < -0.3 is 0 Å². The number of hydrogen-bond acceptors (Lipinski definition) is 2. The van der Waals surface area contributed by atoms with E-state index in [0.29, 0.717) is 15.0 Å². The summed E-state index contributed by atoms with van der Waals surface area (Å²) in [5, 5.41) is 2.51. The molecule has 0 radical (unpaired) electrons. The van der Waals surface area contributed by atoms with Crippen LogP contribution in [0.15, 0.2) is 30.6 Å². The van der Waals surface area contributed by atoms with Gasteiger partial charge in [-0.05, 0) is 0 Å². The summed E-state index contributed by atoms with van der Waals surface area (Å²) in [6.45, 7) is 2.23. The van der Waals surface area contributed by atoms with Gasteiger partial charge in [-0.2, -0.15) is 0 Å². The van der Waals surface area contributed by atoms with E-state index in [9.17, 15) is 0 Å². The molecule has 1 aromatic carbocycles. The third-order valence-electron chi connectivity index (χ3n) is 2.24. The molecule has 0 aliphatic carbocycles. The normalized spacial score (nSPS) is 10.7. The first kappa shape index (κ1) is 10.6. The Labute approximate surface area is 96.3 Å². The van der Waals surface area contributed by atoms with Gasteiger partial charge in [0.15, 0.2) is 0 Å². The zero-order valence-corrected chi connectivity index (χ0v) is 10.5. The van der Waals surface area contributed by atoms with Crippen LogP contribution in [0.3, 0.4) is 0 Å². The van der Waals surface area contributed by atoms with Crippen LogP contribution in [0.2, 0.25) is 5.32 Å². The van der Waals surface area contributed by atoms with Crippen LogP contribution in [-0.2, 0) is 0 Å². The van der Waals surface area contributed by atoms with Crippen LogP contribution in [0.1, 0.15) is 19.8 Å². The Morgan fingerprint density at radius 3 is 2.93 bits per heavy atom. The monoisotopic (exact) mass is 266 g/mol. The third kappa shape index (κ3) is 2.55. The summed E-state index contributed by atoms with van der Waals surface area (Å²) in [6, 6.07) is 8.26. The zero-order valence-electron chi connectivity index (χ0n) is 8.81. The van der Waals surface area contributed by atoms with Gasteiger partial charge in [-0.15, -0.1) is 0 Å². The van der Waals surface area contributed by atoms with Crippen LogP contribution in [0.25, 0.3) is 10.9 Å². The molecule has 0 spiro atoms. The molecule has 0 atom stereocenters. The number of rotatable bonds is 4. The Hall–Kier alpha value is -0.921. The Morgan fingerprint density at radius 1 is 1.20 bits per heavy atom. The molecule has 0 saturated carbocycles. The van der Waals surface area contributed by atoms with Gasteiger partial charge in [-0.3, -0.25) is 0 Å². The number of hydrogen-bond donors (Lipinski definition) is 0. The molecule has 0 aliphatic heterocycles. The predicted molar refractivity (Wildman–Crippen MR) is 64.6 cm³/mol. The van der Waals surface area contributed by atoms with E-state index in [1.54, 1.807) is 6.33 Å². The van der Waals surface area contributed by atoms with E-state index in [1.165, 1.54) is 28.1 Å². The van der Waals surface area contributed by atoms with Crippen LogP contribution in [0.4, 0.5) is 0 Å². The number of unbranched alkanes of at least 4 members (excludes halogenated alkanes) is 1. The molecular formula is C12H14N2Se. The van der Waals surface area contributed by atoms with Crippen LogP contribution >= 0.6 is 0 Å². The molecule has 0 N–H and O–H groups in total. The predicted octanol–water partition coefficient (Wildman–Crippen LogP) is 2.18. The molecule has 0 aliphatic rings. The molecule has 15 heavy (non-hydrogen) atoms. The van der Waals surface area contributed by atoms with E-state index in [4.69, 9.17) is 0 Å². The topological polar surface area (TPSA) is 25.8 Å². The van der Waals surface area contributed by atoms with Gasteiger partial charge in [0.2, 0.25) is 0 Å². The van der Waals surface area contributed by atoms with E-state index in [2.05, 4.69) is 35.1 Å². The Morgan fingerprint density at radius 2 is 2.07 bits per heavy atom. The standard InChI is InChI=1S/C12H14N2Se/c1-2-3-8-15-12-10-6-4-5-7-11(10)13-9-14-12/h4-7,9H,2-3,8H2,1H3. The molecule has 3 heteroatoms. The fourth-order valence-corrected chi connectivity index (χ4v) is 3.67. The first-order valence-corrected chi connectivity index (χ1v) is 7.31. The van der Waals surface area contributed by atoms with E-state index in [-0.39, 0.29) is 0 Å². The molecule has 0 amide bonds. The quantitative estimate of drug-likeness (QED) is 0.625. The van der Waals surface area contributed by atoms with E-state index < -0.39 is 0 Å². The van der Waals surface area contributed by atoms with Gasteiger partial charge in [0.05, 0.1) is 0 Å². The van der Waals surface area contributed by atoms with Crippen LogP contribution in [0.5, 0.6) is 0 Å². The molecule has 2 rings (SSSR count). The van der Waals surface area contributed by atoms with Gasteiger partial charge in [0.1, 0.15) is 0 Å². The molecule has 0 saturated heterocycles. The summed E-state index contributed by atoms with van der Waals surface area (Å²) >= 11 is 0.499. The minimum absolute atomic E-state index is 0.499. The number of nitrogens with zero attached hydrogens (tertiary/aromatic N) is 2. The van der Waals surface area contributed by atoms with Crippen molar-refractivity contribution in [3.63, 3.8) is 0 Å². The fourth-order valence-electron chi connectivity index (χ4n) is 1.41. The van der Waals surface area contributed by atoms with Crippen molar-refractivity contribution in [1.82, 2.24) is 9.97 Å². The average molecular weight is 265 g/mol. The maximum atomic E-state index is 4.40. The van der Waals surface area contributed by atoms with Gasteiger partial charge in [0.25, 0.3) is 0 Å². The van der Waals surface area contributed by atoms with Crippen LogP contribution in [-0.4, -0.2) is 24.9 Å². The number of para-hydroxylation sites is 1. The van der Waals surface area contributed by atoms with Crippen molar-refractivity contribution in [2.45, 2.75) is 25.1 Å². The Bertz CT molecular complexity index is 437. The molecule has 2 nitrogen and oxygen atoms in total. The molecule has 0 bridgehead atoms. The maximum absolute atomic E-state index is 4.40. The second-order valence-corrected chi connectivity index (χ2v) is 5.67. The Kier molecular flexibility index (Phi) is 3.70. The zero-order chi connectivity index (χ0) is 10.5. The van der Waals surface area contributed by atoms with Gasteiger partial charge in [-0.1, -0.05) is 0 Å².